The molecule has 0 atom stereocenters. The highest BCUT2D eigenvalue weighted by Gasteiger charge is 2.05. The molecule has 2 heterocycles. The summed E-state index contributed by atoms with van der Waals surface area (Å²) in [6.45, 7) is 0.791. The number of nitrogens with zero attached hydrogens (tertiary/aromatic N) is 2. The molecule has 6 heteroatoms. The average molecular weight is 284 g/mol. The molecular formula is C11H10ClN3S2. The third-order valence-corrected chi connectivity index (χ3v) is 3.59. The summed E-state index contributed by atoms with van der Waals surface area (Å²) >= 11 is 12.8. The van der Waals surface area contributed by atoms with Gasteiger partial charge in [0.25, 0.3) is 0 Å². The van der Waals surface area contributed by atoms with Crippen molar-refractivity contribution >= 4 is 46.7 Å². The molecule has 2 aromatic heterocycles. The van der Waals surface area contributed by atoms with E-state index in [1.54, 1.807) is 18.0 Å². The zero-order valence-electron chi connectivity index (χ0n) is 8.94. The van der Waals surface area contributed by atoms with Crippen molar-refractivity contribution in [1.82, 2.24) is 14.5 Å². The average Bonchev–Trinajstić information content (AvgIpc) is 2.60. The SMILES string of the molecule is C#CCSCCn1c(=S)[nH]c2cc(Cl)cnc21. The molecule has 17 heavy (non-hydrogen) atoms. The van der Waals surface area contributed by atoms with Gasteiger partial charge >= 0.3 is 0 Å². The summed E-state index contributed by atoms with van der Waals surface area (Å²) in [5.41, 5.74) is 1.70. The maximum Gasteiger partial charge on any atom is 0.179 e. The molecule has 2 rings (SSSR count). The monoisotopic (exact) mass is 283 g/mol. The molecule has 0 spiro atoms. The normalized spacial score (nSPS) is 10.6. The van der Waals surface area contributed by atoms with Gasteiger partial charge in [0.1, 0.15) is 0 Å². The van der Waals surface area contributed by atoms with Crippen LogP contribution in [0.5, 0.6) is 0 Å². The second kappa shape index (κ2) is 5.58. The number of fused-ring (bicyclic) bond motifs is 1. The van der Waals surface area contributed by atoms with Gasteiger partial charge in [-0.25, -0.2) is 4.98 Å². The molecule has 0 saturated heterocycles. The van der Waals surface area contributed by atoms with Crippen LogP contribution < -0.4 is 0 Å². The molecule has 88 valence electrons. The van der Waals surface area contributed by atoms with Crippen LogP contribution in [-0.2, 0) is 6.54 Å². The standard InChI is InChI=1S/C11H10ClN3S2/c1-2-4-17-5-3-15-10-9(14-11(15)16)6-8(12)7-13-10/h1,6-7H,3-5H2,(H,14,16). The van der Waals surface area contributed by atoms with Gasteiger partial charge in [0.15, 0.2) is 10.4 Å². The predicted octanol–water partition coefficient (Wildman–Crippen LogP) is 3.11. The van der Waals surface area contributed by atoms with Crippen LogP contribution in [0.3, 0.4) is 0 Å². The smallest absolute Gasteiger partial charge is 0.179 e. The number of nitrogens with one attached hydrogen (secondary N) is 1. The predicted molar refractivity (Wildman–Crippen MR) is 76.1 cm³/mol. The van der Waals surface area contributed by atoms with Gasteiger partial charge in [0.2, 0.25) is 0 Å². The zero-order chi connectivity index (χ0) is 12.3. The highest BCUT2D eigenvalue weighted by atomic mass is 35.5. The number of hydrogen-bond donors (Lipinski definition) is 1. The Bertz CT molecular complexity index is 624. The first-order valence-corrected chi connectivity index (χ1v) is 6.91. The summed E-state index contributed by atoms with van der Waals surface area (Å²) in [7, 11) is 0. The third kappa shape index (κ3) is 2.83. The Balaban J connectivity index is 2.25. The van der Waals surface area contributed by atoms with Gasteiger partial charge in [-0.15, -0.1) is 18.2 Å². The van der Waals surface area contributed by atoms with E-state index in [0.717, 1.165) is 29.2 Å². The molecule has 0 fully saturated rings. The Morgan fingerprint density at radius 2 is 2.47 bits per heavy atom. The number of hydrogen-bond acceptors (Lipinski definition) is 3. The van der Waals surface area contributed by atoms with E-state index in [9.17, 15) is 0 Å². The number of rotatable bonds is 4. The lowest BCUT2D eigenvalue weighted by atomic mass is 10.4. The molecule has 0 aliphatic heterocycles. The number of aromatic amines is 1. The fourth-order valence-electron chi connectivity index (χ4n) is 1.51. The highest BCUT2D eigenvalue weighted by Crippen LogP contribution is 2.16. The molecule has 0 aromatic carbocycles. The van der Waals surface area contributed by atoms with Crippen LogP contribution in [0, 0.1) is 17.1 Å². The van der Waals surface area contributed by atoms with E-state index >= 15 is 0 Å². The summed E-state index contributed by atoms with van der Waals surface area (Å²) < 4.78 is 2.63. The van der Waals surface area contributed by atoms with Gasteiger partial charge in [-0.1, -0.05) is 17.5 Å². The Hall–Kier alpha value is -0.960. The minimum absolute atomic E-state index is 0.600. The van der Waals surface area contributed by atoms with Crippen molar-refractivity contribution in [3.8, 4) is 12.3 Å². The lowest BCUT2D eigenvalue weighted by molar-refractivity contribution is 0.775. The number of terminal acetylenes is 1. The zero-order valence-corrected chi connectivity index (χ0v) is 11.3. The van der Waals surface area contributed by atoms with Gasteiger partial charge in [0.05, 0.1) is 16.3 Å². The number of halogens is 1. The van der Waals surface area contributed by atoms with Crippen molar-refractivity contribution in [2.24, 2.45) is 0 Å². The molecule has 0 amide bonds. The van der Waals surface area contributed by atoms with Crippen LogP contribution in [0.25, 0.3) is 11.2 Å². The van der Waals surface area contributed by atoms with Gasteiger partial charge in [0, 0.05) is 18.5 Å². The van der Waals surface area contributed by atoms with E-state index in [1.165, 1.54) is 0 Å². The minimum Gasteiger partial charge on any atom is -0.329 e. The highest BCUT2D eigenvalue weighted by molar-refractivity contribution is 7.99. The Morgan fingerprint density at radius 1 is 1.65 bits per heavy atom. The van der Waals surface area contributed by atoms with E-state index in [2.05, 4.69) is 15.9 Å². The number of aryl methyl sites for hydroxylation is 1. The fraction of sp³-hybridized carbons (Fsp3) is 0.273. The summed E-state index contributed by atoms with van der Waals surface area (Å²) in [6.07, 6.45) is 6.82. The molecule has 0 aliphatic rings. The molecule has 1 N–H and O–H groups in total. The third-order valence-electron chi connectivity index (χ3n) is 2.22. The van der Waals surface area contributed by atoms with Crippen molar-refractivity contribution < 1.29 is 0 Å². The molecule has 2 aromatic rings. The minimum atomic E-state index is 0.600. The van der Waals surface area contributed by atoms with Crippen LogP contribution in [0.1, 0.15) is 0 Å². The summed E-state index contributed by atoms with van der Waals surface area (Å²) in [5, 5.41) is 0.600. The van der Waals surface area contributed by atoms with E-state index in [-0.39, 0.29) is 0 Å². The lowest BCUT2D eigenvalue weighted by Gasteiger charge is -2.02. The van der Waals surface area contributed by atoms with Crippen LogP contribution in [0.4, 0.5) is 0 Å². The van der Waals surface area contributed by atoms with Crippen LogP contribution in [0.15, 0.2) is 12.3 Å². The Kier molecular flexibility index (Phi) is 4.11. The number of H-pyrrole nitrogens is 1. The van der Waals surface area contributed by atoms with Gasteiger partial charge in [-0.2, -0.15) is 0 Å². The van der Waals surface area contributed by atoms with Crippen molar-refractivity contribution in [2.75, 3.05) is 11.5 Å². The number of pyridine rings is 1. The second-order valence-corrected chi connectivity index (χ2v) is 5.29. The first-order chi connectivity index (χ1) is 8.22. The largest absolute Gasteiger partial charge is 0.329 e. The van der Waals surface area contributed by atoms with Crippen molar-refractivity contribution in [3.05, 3.63) is 22.1 Å². The molecule has 3 nitrogen and oxygen atoms in total. The maximum absolute atomic E-state index is 5.87. The topological polar surface area (TPSA) is 33.6 Å². The molecule has 0 aliphatic carbocycles. The number of thioether (sulfide) groups is 1. The van der Waals surface area contributed by atoms with Crippen LogP contribution in [-0.4, -0.2) is 26.0 Å². The molecule has 0 radical (unpaired) electrons. The number of imidazole rings is 1. The van der Waals surface area contributed by atoms with E-state index in [4.69, 9.17) is 30.2 Å². The quantitative estimate of drug-likeness (QED) is 0.532. The van der Waals surface area contributed by atoms with Crippen LogP contribution in [0.2, 0.25) is 5.02 Å². The van der Waals surface area contributed by atoms with Crippen molar-refractivity contribution in [3.63, 3.8) is 0 Å². The Morgan fingerprint density at radius 3 is 3.24 bits per heavy atom. The maximum atomic E-state index is 5.87. The fourth-order valence-corrected chi connectivity index (χ4v) is 2.53. The van der Waals surface area contributed by atoms with Crippen LogP contribution >= 0.6 is 35.6 Å². The second-order valence-electron chi connectivity index (χ2n) is 3.36. The molecular weight excluding hydrogens is 274 g/mol. The molecule has 0 saturated carbocycles. The van der Waals surface area contributed by atoms with Gasteiger partial charge in [-0.05, 0) is 18.3 Å². The number of aromatic nitrogens is 3. The van der Waals surface area contributed by atoms with E-state index in [1.807, 2.05) is 10.6 Å². The van der Waals surface area contributed by atoms with E-state index in [0.29, 0.717) is 9.79 Å². The molecule has 0 bridgehead atoms. The Labute approximate surface area is 114 Å². The van der Waals surface area contributed by atoms with Crippen molar-refractivity contribution in [1.29, 1.82) is 0 Å². The van der Waals surface area contributed by atoms with Crippen molar-refractivity contribution in [2.45, 2.75) is 6.54 Å². The molecule has 0 unspecified atom stereocenters. The summed E-state index contributed by atoms with van der Waals surface area (Å²) in [4.78, 5) is 7.37. The first-order valence-electron chi connectivity index (χ1n) is 4.97. The summed E-state index contributed by atoms with van der Waals surface area (Å²) in [6, 6.07) is 1.82. The van der Waals surface area contributed by atoms with Gasteiger partial charge in [-0.3, -0.25) is 0 Å². The van der Waals surface area contributed by atoms with Gasteiger partial charge < -0.3 is 9.55 Å². The summed E-state index contributed by atoms with van der Waals surface area (Å²) in [5.74, 6) is 4.22. The van der Waals surface area contributed by atoms with E-state index < -0.39 is 0 Å². The lowest BCUT2D eigenvalue weighted by Crippen LogP contribution is -2.01. The first kappa shape index (κ1) is 12.5.